The first kappa shape index (κ1) is 26.3. The first-order valence-electron chi connectivity index (χ1n) is 12.0. The fraction of sp³-hybridized carbons (Fsp3) is 0.308. The summed E-state index contributed by atoms with van der Waals surface area (Å²) >= 11 is 0. The molecule has 1 saturated heterocycles. The number of aliphatic imine (C=N–C) groups is 2. The van der Waals surface area contributed by atoms with Crippen molar-refractivity contribution in [3.8, 4) is 0 Å². The number of carbonyl (C=O) groups excluding carboxylic acids is 4. The zero-order chi connectivity index (χ0) is 27.4. The number of hydrogen-bond donors (Lipinski definition) is 2. The molecule has 2 aromatic rings. The topological polar surface area (TPSA) is 142 Å². The molecule has 4 rings (SSSR count). The minimum Gasteiger partial charge on any atom is -0.462 e. The van der Waals surface area contributed by atoms with E-state index in [1.165, 1.54) is 11.9 Å². The van der Waals surface area contributed by atoms with Crippen LogP contribution in [-0.2, 0) is 14.3 Å². The number of nitrogens with one attached hydrogen (secondary N) is 2. The maximum atomic E-state index is 12.9. The van der Waals surface area contributed by atoms with E-state index >= 15 is 0 Å². The summed E-state index contributed by atoms with van der Waals surface area (Å²) in [4.78, 5) is 61.0. The summed E-state index contributed by atoms with van der Waals surface area (Å²) in [6, 6.07) is 11.7. The number of amides is 3. The zero-order valence-electron chi connectivity index (χ0n) is 21.4. The summed E-state index contributed by atoms with van der Waals surface area (Å²) in [5.41, 5.74) is 1.96. The molecule has 38 heavy (non-hydrogen) atoms. The van der Waals surface area contributed by atoms with Gasteiger partial charge in [-0.05, 0) is 62.4 Å². The number of ether oxygens (including phenoxy) is 2. The van der Waals surface area contributed by atoms with E-state index in [0.717, 1.165) is 4.90 Å². The minimum atomic E-state index is -0.944. The highest BCUT2D eigenvalue weighted by molar-refractivity contribution is 6.49. The normalized spacial score (nSPS) is 18.7. The zero-order valence-corrected chi connectivity index (χ0v) is 21.4. The molecule has 0 aromatic heterocycles. The van der Waals surface area contributed by atoms with Crippen molar-refractivity contribution in [3.05, 3.63) is 59.7 Å². The number of urea groups is 1. The van der Waals surface area contributed by atoms with Crippen LogP contribution < -0.4 is 10.6 Å². The van der Waals surface area contributed by atoms with Crippen molar-refractivity contribution in [1.29, 1.82) is 0 Å². The second-order valence-corrected chi connectivity index (χ2v) is 8.45. The van der Waals surface area contributed by atoms with E-state index < -0.39 is 36.1 Å². The van der Waals surface area contributed by atoms with Crippen LogP contribution in [0.15, 0.2) is 58.5 Å². The molecule has 2 aliphatic rings. The monoisotopic (exact) mass is 520 g/mol. The Morgan fingerprint density at radius 2 is 1.24 bits per heavy atom. The molecule has 0 aliphatic carbocycles. The van der Waals surface area contributed by atoms with Gasteiger partial charge >= 0.3 is 18.0 Å². The van der Waals surface area contributed by atoms with Gasteiger partial charge in [0, 0.05) is 25.5 Å². The van der Waals surface area contributed by atoms with Crippen molar-refractivity contribution >= 4 is 46.9 Å². The Bertz CT molecular complexity index is 1300. The maximum absolute atomic E-state index is 12.9. The van der Waals surface area contributed by atoms with Gasteiger partial charge in [-0.2, -0.15) is 0 Å². The first-order valence-corrected chi connectivity index (χ1v) is 12.0. The Hall–Kier alpha value is -4.74. The third-order valence-electron chi connectivity index (χ3n) is 5.92. The summed E-state index contributed by atoms with van der Waals surface area (Å²) in [5, 5.41) is 6.30. The Kier molecular flexibility index (Phi) is 7.70. The van der Waals surface area contributed by atoms with Crippen LogP contribution in [0.2, 0.25) is 0 Å². The van der Waals surface area contributed by atoms with Gasteiger partial charge in [0.1, 0.15) is 0 Å². The molecule has 2 heterocycles. The van der Waals surface area contributed by atoms with E-state index in [-0.39, 0.29) is 24.9 Å². The van der Waals surface area contributed by atoms with Crippen LogP contribution in [0.4, 0.5) is 16.2 Å². The molecule has 0 bridgehead atoms. The van der Waals surface area contributed by atoms with Crippen molar-refractivity contribution in [2.45, 2.75) is 26.1 Å². The van der Waals surface area contributed by atoms with Gasteiger partial charge in [-0.15, -0.1) is 0 Å². The molecule has 1 fully saturated rings. The number of hydrogen-bond acceptors (Lipinski definition) is 10. The number of imide groups is 1. The molecule has 12 nitrogen and oxygen atoms in total. The Labute approximate surface area is 219 Å². The number of fused-ring (bicyclic) bond motifs is 1. The van der Waals surface area contributed by atoms with Gasteiger partial charge in [-0.1, -0.05) is 0 Å². The second-order valence-electron chi connectivity index (χ2n) is 8.45. The van der Waals surface area contributed by atoms with E-state index in [4.69, 9.17) is 9.47 Å². The Balaban J connectivity index is 1.63. The van der Waals surface area contributed by atoms with Crippen molar-refractivity contribution in [1.82, 2.24) is 9.80 Å². The van der Waals surface area contributed by atoms with Gasteiger partial charge in [0.25, 0.3) is 5.91 Å². The highest BCUT2D eigenvalue weighted by Gasteiger charge is 2.46. The molecule has 0 spiro atoms. The van der Waals surface area contributed by atoms with E-state index in [1.807, 2.05) is 0 Å². The van der Waals surface area contributed by atoms with Crippen LogP contribution in [0.5, 0.6) is 0 Å². The lowest BCUT2D eigenvalue weighted by atomic mass is 10.1. The molecule has 2 N–H and O–H groups in total. The van der Waals surface area contributed by atoms with Gasteiger partial charge in [-0.3, -0.25) is 9.69 Å². The average molecular weight is 521 g/mol. The number of anilines is 2. The van der Waals surface area contributed by atoms with Gasteiger partial charge in [0.2, 0.25) is 0 Å². The molecule has 0 radical (unpaired) electrons. The number of nitrogens with zero attached hydrogens (tertiary/aromatic N) is 4. The Morgan fingerprint density at radius 1 is 0.789 bits per heavy atom. The molecule has 198 valence electrons. The lowest BCUT2D eigenvalue weighted by Crippen LogP contribution is -2.62. The second kappa shape index (κ2) is 11.1. The molecule has 2 aliphatic heterocycles. The lowest BCUT2D eigenvalue weighted by molar-refractivity contribution is -0.132. The summed E-state index contributed by atoms with van der Waals surface area (Å²) in [7, 11) is 2.96. The largest absolute Gasteiger partial charge is 0.462 e. The number of benzene rings is 2. The third kappa shape index (κ3) is 5.33. The number of amidine groups is 2. The maximum Gasteiger partial charge on any atom is 0.338 e. The predicted molar refractivity (Wildman–Crippen MR) is 140 cm³/mol. The van der Waals surface area contributed by atoms with E-state index in [1.54, 1.807) is 69.4 Å². The van der Waals surface area contributed by atoms with Crippen molar-refractivity contribution < 1.29 is 28.7 Å². The molecule has 2 unspecified atom stereocenters. The average Bonchev–Trinajstić information content (AvgIpc) is 2.92. The molecular formula is C26H28N6O6. The van der Waals surface area contributed by atoms with Crippen LogP contribution in [0, 0.1) is 0 Å². The number of esters is 2. The van der Waals surface area contributed by atoms with Crippen molar-refractivity contribution in [2.75, 3.05) is 37.9 Å². The van der Waals surface area contributed by atoms with Crippen LogP contribution in [0.25, 0.3) is 0 Å². The summed E-state index contributed by atoms with van der Waals surface area (Å²) in [5.74, 6) is -0.806. The third-order valence-corrected chi connectivity index (χ3v) is 5.92. The minimum absolute atomic E-state index is 0.258. The van der Waals surface area contributed by atoms with Crippen molar-refractivity contribution in [3.63, 3.8) is 0 Å². The summed E-state index contributed by atoms with van der Waals surface area (Å²) in [6.45, 7) is 4.00. The highest BCUT2D eigenvalue weighted by Crippen LogP contribution is 2.24. The number of likely N-dealkylation sites (N-methyl/N-ethyl adjacent to an activating group) is 2. The van der Waals surface area contributed by atoms with Crippen LogP contribution in [0.3, 0.4) is 0 Å². The number of rotatable bonds is 6. The van der Waals surface area contributed by atoms with Gasteiger partial charge in [0.05, 0.1) is 24.3 Å². The molecular weight excluding hydrogens is 492 g/mol. The molecule has 2 atom stereocenters. The van der Waals surface area contributed by atoms with E-state index in [2.05, 4.69) is 20.6 Å². The SMILES string of the molecule is CCOC(=O)c1ccc(NC2=NC3C(=O)N(C)C(=O)N(C)C3N=C2Nc2ccc(C(=O)OCC)cc2)cc1. The van der Waals surface area contributed by atoms with E-state index in [0.29, 0.717) is 22.5 Å². The van der Waals surface area contributed by atoms with Gasteiger partial charge < -0.3 is 25.0 Å². The van der Waals surface area contributed by atoms with E-state index in [9.17, 15) is 19.2 Å². The number of carbonyl (C=O) groups is 4. The molecule has 3 amide bonds. The van der Waals surface area contributed by atoms with Crippen molar-refractivity contribution in [2.24, 2.45) is 9.98 Å². The Morgan fingerprint density at radius 3 is 1.68 bits per heavy atom. The fourth-order valence-corrected chi connectivity index (χ4v) is 3.92. The standard InChI is InChI=1S/C26H28N6O6/c1-5-37-24(34)15-7-11-17(12-8-15)27-20-21(28-18-13-9-16(10-14-18)25(35)38-6-2)30-22-19(29-20)23(33)32(4)26(36)31(22)3/h7-14,19,22H,5-6H2,1-4H3,(H,27,29)(H,28,30). The van der Waals surface area contributed by atoms with Crippen LogP contribution in [0.1, 0.15) is 34.6 Å². The summed E-state index contributed by atoms with van der Waals surface area (Å²) < 4.78 is 10.0. The summed E-state index contributed by atoms with van der Waals surface area (Å²) in [6.07, 6.45) is -0.843. The van der Waals surface area contributed by atoms with Gasteiger partial charge in [0.15, 0.2) is 23.9 Å². The lowest BCUT2D eigenvalue weighted by Gasteiger charge is -2.40. The molecule has 2 aromatic carbocycles. The predicted octanol–water partition coefficient (Wildman–Crippen LogP) is 2.59. The van der Waals surface area contributed by atoms with Crippen LogP contribution >= 0.6 is 0 Å². The van der Waals surface area contributed by atoms with Crippen LogP contribution in [-0.4, -0.2) is 84.9 Å². The molecule has 0 saturated carbocycles. The smallest absolute Gasteiger partial charge is 0.338 e. The quantitative estimate of drug-likeness (QED) is 0.554. The first-order chi connectivity index (χ1) is 18.2. The highest BCUT2D eigenvalue weighted by atomic mass is 16.5. The van der Waals surface area contributed by atoms with Gasteiger partial charge in [-0.25, -0.2) is 24.4 Å². The fourth-order valence-electron chi connectivity index (χ4n) is 3.92. The molecule has 12 heteroatoms.